The quantitative estimate of drug-likeness (QED) is 0.783. The average Bonchev–Trinajstić information content (AvgIpc) is 2.43. The van der Waals surface area contributed by atoms with E-state index in [-0.39, 0.29) is 0 Å². The summed E-state index contributed by atoms with van der Waals surface area (Å²) < 4.78 is 0. The lowest BCUT2D eigenvalue weighted by Crippen LogP contribution is -2.23. The third-order valence-corrected chi connectivity index (χ3v) is 4.13. The van der Waals surface area contributed by atoms with Crippen molar-refractivity contribution in [1.82, 2.24) is 5.32 Å². The molecule has 18 heavy (non-hydrogen) atoms. The van der Waals surface area contributed by atoms with Gasteiger partial charge in [-0.15, -0.1) is 0 Å². The molecule has 1 heteroatoms. The lowest BCUT2D eigenvalue weighted by Gasteiger charge is -2.22. The van der Waals surface area contributed by atoms with Crippen LogP contribution in [0.5, 0.6) is 0 Å². The maximum Gasteiger partial charge on any atom is 0.0208 e. The van der Waals surface area contributed by atoms with E-state index >= 15 is 0 Å². The maximum absolute atomic E-state index is 3.48. The zero-order chi connectivity index (χ0) is 12.8. The van der Waals surface area contributed by atoms with E-state index in [4.69, 9.17) is 0 Å². The summed E-state index contributed by atoms with van der Waals surface area (Å²) in [5.41, 5.74) is 4.67. The van der Waals surface area contributed by atoms with Gasteiger partial charge in [-0.1, -0.05) is 51.3 Å². The third-order valence-electron chi connectivity index (χ3n) is 4.13. The molecule has 100 valence electrons. The first kappa shape index (κ1) is 13.6. The highest BCUT2D eigenvalue weighted by Crippen LogP contribution is 2.29. The fourth-order valence-electron chi connectivity index (χ4n) is 3.03. The molecule has 0 saturated carbocycles. The van der Waals surface area contributed by atoms with Crippen molar-refractivity contribution in [2.24, 2.45) is 0 Å². The molecule has 0 saturated heterocycles. The van der Waals surface area contributed by atoms with Gasteiger partial charge in [0.2, 0.25) is 0 Å². The van der Waals surface area contributed by atoms with Crippen LogP contribution >= 0.6 is 0 Å². The van der Waals surface area contributed by atoms with Gasteiger partial charge in [-0.3, -0.25) is 0 Å². The predicted molar refractivity (Wildman–Crippen MR) is 79.0 cm³/mol. The van der Waals surface area contributed by atoms with Gasteiger partial charge in [0.1, 0.15) is 0 Å². The van der Waals surface area contributed by atoms with Crippen LogP contribution in [0.3, 0.4) is 0 Å². The molecule has 0 fully saturated rings. The van der Waals surface area contributed by atoms with Gasteiger partial charge in [-0.2, -0.15) is 0 Å². The summed E-state index contributed by atoms with van der Waals surface area (Å²) in [6, 6.07) is 7.23. The van der Waals surface area contributed by atoms with Crippen molar-refractivity contribution in [2.45, 2.75) is 64.8 Å². The lowest BCUT2D eigenvalue weighted by atomic mass is 9.87. The molecule has 0 bridgehead atoms. The highest BCUT2D eigenvalue weighted by molar-refractivity contribution is 5.35. The van der Waals surface area contributed by atoms with Crippen LogP contribution in [-0.2, 0) is 13.0 Å². The van der Waals surface area contributed by atoms with E-state index in [2.05, 4.69) is 37.4 Å². The number of rotatable bonds is 6. The second-order valence-corrected chi connectivity index (χ2v) is 5.58. The van der Waals surface area contributed by atoms with Gasteiger partial charge in [0.25, 0.3) is 0 Å². The minimum atomic E-state index is 0.780. The van der Waals surface area contributed by atoms with Crippen molar-refractivity contribution in [3.05, 3.63) is 34.9 Å². The molecule has 0 aliphatic carbocycles. The summed E-state index contributed by atoms with van der Waals surface area (Å²) in [7, 11) is 0. The van der Waals surface area contributed by atoms with Crippen molar-refractivity contribution < 1.29 is 0 Å². The van der Waals surface area contributed by atoms with Crippen LogP contribution in [-0.4, -0.2) is 6.54 Å². The highest BCUT2D eigenvalue weighted by Gasteiger charge is 2.14. The Balaban J connectivity index is 2.13. The zero-order valence-electron chi connectivity index (χ0n) is 12.0. The van der Waals surface area contributed by atoms with Crippen molar-refractivity contribution in [2.75, 3.05) is 6.54 Å². The van der Waals surface area contributed by atoms with Crippen LogP contribution in [0, 0.1) is 0 Å². The van der Waals surface area contributed by atoms with Crippen molar-refractivity contribution in [1.29, 1.82) is 0 Å². The molecule has 1 aromatic rings. The predicted octanol–water partition coefficient (Wildman–Crippen LogP) is 4.41. The van der Waals surface area contributed by atoms with E-state index in [1.165, 1.54) is 44.1 Å². The summed E-state index contributed by atoms with van der Waals surface area (Å²) in [5.74, 6) is 0.780. The fourth-order valence-corrected chi connectivity index (χ4v) is 3.03. The second kappa shape index (κ2) is 6.94. The Morgan fingerprint density at radius 2 is 2.00 bits per heavy atom. The molecular weight excluding hydrogens is 218 g/mol. The summed E-state index contributed by atoms with van der Waals surface area (Å²) >= 11 is 0. The maximum atomic E-state index is 3.48. The smallest absolute Gasteiger partial charge is 0.0208 e. The van der Waals surface area contributed by atoms with Gasteiger partial charge < -0.3 is 5.32 Å². The van der Waals surface area contributed by atoms with Gasteiger partial charge >= 0.3 is 0 Å². The van der Waals surface area contributed by atoms with E-state index in [9.17, 15) is 0 Å². The van der Waals surface area contributed by atoms with Crippen LogP contribution in [0.1, 0.15) is 68.6 Å². The van der Waals surface area contributed by atoms with Crippen molar-refractivity contribution in [3.63, 3.8) is 0 Å². The molecule has 0 amide bonds. The molecule has 1 atom stereocenters. The summed E-state index contributed by atoms with van der Waals surface area (Å²) in [5, 5.41) is 3.48. The molecule has 1 unspecified atom stereocenters. The first-order valence-corrected chi connectivity index (χ1v) is 7.67. The summed E-state index contributed by atoms with van der Waals surface area (Å²) in [6.07, 6.45) is 7.86. The Kier molecular flexibility index (Phi) is 5.25. The van der Waals surface area contributed by atoms with Crippen LogP contribution in [0.15, 0.2) is 18.2 Å². The van der Waals surface area contributed by atoms with E-state index in [0.717, 1.165) is 19.0 Å². The molecule has 1 nitrogen and oxygen atoms in total. The number of benzene rings is 1. The molecule has 0 spiro atoms. The molecule has 0 aromatic heterocycles. The molecule has 1 heterocycles. The normalized spacial score (nSPS) is 16.3. The molecule has 1 aliphatic rings. The number of hydrogen-bond acceptors (Lipinski definition) is 1. The minimum absolute atomic E-state index is 0.780. The van der Waals surface area contributed by atoms with E-state index in [1.54, 1.807) is 11.1 Å². The Hall–Kier alpha value is -0.820. The van der Waals surface area contributed by atoms with Crippen LogP contribution in [0.25, 0.3) is 0 Å². The number of unbranched alkanes of at least 4 members (excludes halogenated alkanes) is 1. The van der Waals surface area contributed by atoms with Gasteiger partial charge in [-0.25, -0.2) is 0 Å². The van der Waals surface area contributed by atoms with Crippen molar-refractivity contribution >= 4 is 0 Å². The average molecular weight is 245 g/mol. The molecule has 1 N–H and O–H groups in total. The van der Waals surface area contributed by atoms with Crippen LogP contribution < -0.4 is 5.32 Å². The molecule has 1 aliphatic heterocycles. The van der Waals surface area contributed by atoms with Crippen molar-refractivity contribution in [3.8, 4) is 0 Å². The molecule has 1 aromatic carbocycles. The van der Waals surface area contributed by atoms with Gasteiger partial charge in [0.15, 0.2) is 0 Å². The van der Waals surface area contributed by atoms with Crippen LogP contribution in [0.4, 0.5) is 0 Å². The SMILES string of the molecule is CCCCC(CCC)c1ccc2c(c1)CNCC2. The van der Waals surface area contributed by atoms with Crippen LogP contribution in [0.2, 0.25) is 0 Å². The highest BCUT2D eigenvalue weighted by atomic mass is 14.9. The summed E-state index contributed by atoms with van der Waals surface area (Å²) in [4.78, 5) is 0. The van der Waals surface area contributed by atoms with Gasteiger partial charge in [-0.05, 0) is 48.4 Å². The Bertz CT molecular complexity index is 370. The second-order valence-electron chi connectivity index (χ2n) is 5.58. The molecule has 0 radical (unpaired) electrons. The number of hydrogen-bond donors (Lipinski definition) is 1. The Morgan fingerprint density at radius 3 is 2.78 bits per heavy atom. The first-order valence-electron chi connectivity index (χ1n) is 7.67. The van der Waals surface area contributed by atoms with Gasteiger partial charge in [0, 0.05) is 6.54 Å². The monoisotopic (exact) mass is 245 g/mol. The summed E-state index contributed by atoms with van der Waals surface area (Å²) in [6.45, 7) is 6.80. The van der Waals surface area contributed by atoms with Gasteiger partial charge in [0.05, 0.1) is 0 Å². The Labute approximate surface area is 112 Å². The number of fused-ring (bicyclic) bond motifs is 1. The zero-order valence-corrected chi connectivity index (χ0v) is 12.0. The third kappa shape index (κ3) is 3.35. The van der Waals surface area contributed by atoms with E-state index in [1.807, 2.05) is 0 Å². The first-order chi connectivity index (χ1) is 8.85. The standard InChI is InChI=1S/C17H27N/c1-3-5-7-14(6-4-2)16-9-8-15-10-11-18-13-17(15)12-16/h8-9,12,14,18H,3-7,10-11,13H2,1-2H3. The lowest BCUT2D eigenvalue weighted by molar-refractivity contribution is 0.539. The van der Waals surface area contributed by atoms with E-state index < -0.39 is 0 Å². The molecule has 2 rings (SSSR count). The largest absolute Gasteiger partial charge is 0.312 e. The van der Waals surface area contributed by atoms with E-state index in [0.29, 0.717) is 0 Å². The topological polar surface area (TPSA) is 12.0 Å². The number of nitrogens with one attached hydrogen (secondary N) is 1. The Morgan fingerprint density at radius 1 is 1.11 bits per heavy atom. The molecular formula is C17H27N. The minimum Gasteiger partial charge on any atom is -0.312 e. The fraction of sp³-hybridized carbons (Fsp3) is 0.647.